The van der Waals surface area contributed by atoms with Crippen LogP contribution in [0.3, 0.4) is 0 Å². The van der Waals surface area contributed by atoms with Gasteiger partial charge < -0.3 is 19.9 Å². The predicted octanol–water partition coefficient (Wildman–Crippen LogP) is 7.24. The molecule has 5 rings (SSSR count). The van der Waals surface area contributed by atoms with Crippen LogP contribution in [0, 0.1) is 0 Å². The number of rotatable bonds is 9. The van der Waals surface area contributed by atoms with Crippen LogP contribution < -0.4 is 4.74 Å². The van der Waals surface area contributed by atoms with E-state index in [4.69, 9.17) is 16.3 Å². The molecule has 0 aliphatic heterocycles. The van der Waals surface area contributed by atoms with Gasteiger partial charge in [0.05, 0.1) is 17.1 Å². The molecule has 3 aromatic carbocycles. The number of ether oxygens (including phenoxy) is 1. The van der Waals surface area contributed by atoms with Crippen LogP contribution in [0.4, 0.5) is 13.2 Å². The number of benzene rings is 3. The monoisotopic (exact) mass is 585 g/mol. The summed E-state index contributed by atoms with van der Waals surface area (Å²) in [5, 5.41) is 26.8. The van der Waals surface area contributed by atoms with Crippen molar-refractivity contribution in [2.45, 2.75) is 38.5 Å². The molecule has 3 N–H and O–H groups in total. The molecule has 0 spiro atoms. The number of halogens is 4. The van der Waals surface area contributed by atoms with Gasteiger partial charge in [0.25, 0.3) is 0 Å². The van der Waals surface area contributed by atoms with Gasteiger partial charge >= 0.3 is 12.1 Å². The molecule has 1 unspecified atom stereocenters. The summed E-state index contributed by atoms with van der Waals surface area (Å²) in [6, 6.07) is 16.7. The Morgan fingerprint density at radius 3 is 2.54 bits per heavy atom. The van der Waals surface area contributed by atoms with E-state index in [-0.39, 0.29) is 27.4 Å². The van der Waals surface area contributed by atoms with E-state index >= 15 is 0 Å². The maximum atomic E-state index is 13.6. The third kappa shape index (κ3) is 5.25. The second kappa shape index (κ2) is 11.1. The van der Waals surface area contributed by atoms with Crippen LogP contribution in [0.25, 0.3) is 32.8 Å². The van der Waals surface area contributed by atoms with Crippen molar-refractivity contribution in [2.75, 3.05) is 6.61 Å². The van der Waals surface area contributed by atoms with Crippen molar-refractivity contribution in [3.05, 3.63) is 82.3 Å². The average molecular weight is 586 g/mol. The zero-order valence-corrected chi connectivity index (χ0v) is 23.0. The highest BCUT2D eigenvalue weighted by molar-refractivity contribution is 6.35. The van der Waals surface area contributed by atoms with E-state index in [2.05, 4.69) is 10.1 Å². The van der Waals surface area contributed by atoms with Crippen molar-refractivity contribution in [1.82, 2.24) is 14.8 Å². The molecule has 2 heterocycles. The lowest BCUT2D eigenvalue weighted by Crippen LogP contribution is -2.21. The number of aryl methyl sites for hydroxylation is 2. The molecule has 0 bridgehead atoms. The predicted molar refractivity (Wildman–Crippen MR) is 151 cm³/mol. The third-order valence-corrected chi connectivity index (χ3v) is 7.49. The van der Waals surface area contributed by atoms with Crippen molar-refractivity contribution in [2.24, 2.45) is 7.05 Å². The fourth-order valence-corrected chi connectivity index (χ4v) is 5.59. The summed E-state index contributed by atoms with van der Waals surface area (Å²) in [5.74, 6) is -0.500. The summed E-state index contributed by atoms with van der Waals surface area (Å²) in [6.45, 7) is 2.06. The Morgan fingerprint density at radius 2 is 1.83 bits per heavy atom. The summed E-state index contributed by atoms with van der Waals surface area (Å²) < 4.78 is 48.2. The number of aromatic carboxylic acids is 1. The Balaban J connectivity index is 1.54. The van der Waals surface area contributed by atoms with Gasteiger partial charge in [0, 0.05) is 34.6 Å². The quantitative estimate of drug-likeness (QED) is 0.158. The number of aromatic amines is 1. The van der Waals surface area contributed by atoms with Gasteiger partial charge in [0.15, 0.2) is 6.10 Å². The Labute approximate surface area is 238 Å². The minimum atomic E-state index is -4.97. The molecule has 41 heavy (non-hydrogen) atoms. The molecule has 0 saturated carbocycles. The first-order valence-electron chi connectivity index (χ1n) is 13.0. The largest absolute Gasteiger partial charge is 0.493 e. The molecule has 1 atom stereocenters. The molecule has 0 aliphatic rings. The number of aliphatic hydroxyl groups excluding tert-OH is 1. The lowest BCUT2D eigenvalue weighted by atomic mass is 9.95. The summed E-state index contributed by atoms with van der Waals surface area (Å²) in [6.07, 6.45) is -6.74. The van der Waals surface area contributed by atoms with Gasteiger partial charge in [-0.25, -0.2) is 4.79 Å². The number of nitrogens with one attached hydrogen (secondary N) is 1. The number of hydrogen-bond donors (Lipinski definition) is 3. The molecule has 5 aromatic rings. The van der Waals surface area contributed by atoms with Crippen molar-refractivity contribution in [3.8, 4) is 16.9 Å². The summed E-state index contributed by atoms with van der Waals surface area (Å²) in [7, 11) is 1.49. The van der Waals surface area contributed by atoms with Crippen LogP contribution in [0.1, 0.15) is 46.9 Å². The molecule has 0 amide bonds. The maximum absolute atomic E-state index is 13.6. The van der Waals surface area contributed by atoms with E-state index in [0.29, 0.717) is 48.3 Å². The molecule has 7 nitrogen and oxygen atoms in total. The van der Waals surface area contributed by atoms with E-state index in [1.807, 2.05) is 42.5 Å². The molecule has 0 aliphatic carbocycles. The average Bonchev–Trinajstić information content (AvgIpc) is 3.47. The zero-order valence-electron chi connectivity index (χ0n) is 22.2. The fraction of sp³-hybridized carbons (Fsp3) is 0.267. The van der Waals surface area contributed by atoms with Crippen LogP contribution in [-0.4, -0.2) is 43.7 Å². The van der Waals surface area contributed by atoms with Gasteiger partial charge in [-0.1, -0.05) is 61.0 Å². The van der Waals surface area contributed by atoms with E-state index in [1.54, 1.807) is 13.0 Å². The molecular weight excluding hydrogens is 559 g/mol. The first kappa shape index (κ1) is 28.5. The highest BCUT2D eigenvalue weighted by Crippen LogP contribution is 2.44. The lowest BCUT2D eigenvalue weighted by molar-refractivity contribution is -0.207. The number of carboxylic acid groups (broad SMARTS) is 1. The number of H-pyrrole nitrogens is 1. The lowest BCUT2D eigenvalue weighted by Gasteiger charge is -2.16. The summed E-state index contributed by atoms with van der Waals surface area (Å²) in [5.41, 5.74) is 0.656. The SMILES string of the molecule is CCc1c(-c2c(Cl)ccc3c(CCCOc4cccc5ccccc45)c(C(=O)O)[nH]c23)c(C(O)C(F)(F)F)nn1C. The number of aromatic nitrogens is 3. The summed E-state index contributed by atoms with van der Waals surface area (Å²) >= 11 is 6.56. The van der Waals surface area contributed by atoms with Crippen LogP contribution in [0.5, 0.6) is 5.75 Å². The van der Waals surface area contributed by atoms with Crippen LogP contribution in [0.15, 0.2) is 54.6 Å². The van der Waals surface area contributed by atoms with Crippen molar-refractivity contribution >= 4 is 39.2 Å². The van der Waals surface area contributed by atoms with Gasteiger partial charge in [-0.15, -0.1) is 0 Å². The number of alkyl halides is 3. The molecular formula is C30H27ClF3N3O4. The number of aliphatic hydroxyl groups is 1. The first-order chi connectivity index (χ1) is 19.5. The van der Waals surface area contributed by atoms with Gasteiger partial charge in [0.1, 0.15) is 17.1 Å². The topological polar surface area (TPSA) is 100 Å². The van der Waals surface area contributed by atoms with E-state index < -0.39 is 23.9 Å². The van der Waals surface area contributed by atoms with Crippen molar-refractivity contribution < 1.29 is 32.9 Å². The molecule has 11 heteroatoms. The third-order valence-electron chi connectivity index (χ3n) is 7.17. The minimum Gasteiger partial charge on any atom is -0.493 e. The first-order valence-corrected chi connectivity index (χ1v) is 13.4. The van der Waals surface area contributed by atoms with Crippen LogP contribution in [-0.2, 0) is 19.9 Å². The van der Waals surface area contributed by atoms with Crippen molar-refractivity contribution in [3.63, 3.8) is 0 Å². The number of fused-ring (bicyclic) bond motifs is 2. The number of nitrogens with zero attached hydrogens (tertiary/aromatic N) is 2. The van der Waals surface area contributed by atoms with Crippen LogP contribution >= 0.6 is 11.6 Å². The normalized spacial score (nSPS) is 12.8. The molecule has 0 radical (unpaired) electrons. The minimum absolute atomic E-state index is 0.0273. The Kier molecular flexibility index (Phi) is 7.72. The number of hydrogen-bond acceptors (Lipinski definition) is 4. The maximum Gasteiger partial charge on any atom is 0.420 e. The molecule has 0 saturated heterocycles. The van der Waals surface area contributed by atoms with Crippen molar-refractivity contribution in [1.29, 1.82) is 0 Å². The smallest absolute Gasteiger partial charge is 0.420 e. The Bertz CT molecular complexity index is 1750. The number of carboxylic acids is 1. The molecule has 2 aromatic heterocycles. The highest BCUT2D eigenvalue weighted by Gasteiger charge is 2.43. The molecule has 0 fully saturated rings. The highest BCUT2D eigenvalue weighted by atomic mass is 35.5. The Hall–Kier alpha value is -4.02. The van der Waals surface area contributed by atoms with E-state index in [9.17, 15) is 28.2 Å². The fourth-order valence-electron chi connectivity index (χ4n) is 5.34. The van der Waals surface area contributed by atoms with Gasteiger partial charge in [-0.2, -0.15) is 18.3 Å². The van der Waals surface area contributed by atoms with E-state index in [0.717, 1.165) is 10.8 Å². The van der Waals surface area contributed by atoms with Gasteiger partial charge in [0.2, 0.25) is 0 Å². The standard InChI is InChI=1S/C30H27ClF3N3O4/c1-3-21-24(27(36-37(21)2)28(38)30(32,33)34)23-20(31)14-13-19-18(26(29(39)40)35-25(19)23)11-7-15-41-22-12-6-9-16-8-4-5-10-17(16)22/h4-6,8-10,12-14,28,35,38H,3,7,11,15H2,1-2H3,(H,39,40). The Morgan fingerprint density at radius 1 is 1.10 bits per heavy atom. The van der Waals surface area contributed by atoms with Gasteiger partial charge in [-0.3, -0.25) is 4.68 Å². The second-order valence-corrected chi connectivity index (χ2v) is 10.1. The second-order valence-electron chi connectivity index (χ2n) is 9.69. The van der Waals surface area contributed by atoms with Crippen LogP contribution in [0.2, 0.25) is 5.02 Å². The van der Waals surface area contributed by atoms with Gasteiger partial charge in [-0.05, 0) is 42.3 Å². The zero-order chi connectivity index (χ0) is 29.5. The van der Waals surface area contributed by atoms with E-state index in [1.165, 1.54) is 17.8 Å². The molecule has 214 valence electrons. The summed E-state index contributed by atoms with van der Waals surface area (Å²) in [4.78, 5) is 15.2. The number of carbonyl (C=O) groups is 1.